The number of halogens is 2. The summed E-state index contributed by atoms with van der Waals surface area (Å²) in [5, 5.41) is 14.9. The molecule has 0 aliphatic carbocycles. The number of alkyl halides is 2. The number of nitrogens with one attached hydrogen (secondary N) is 2. The van der Waals surface area contributed by atoms with Crippen molar-refractivity contribution in [2.75, 3.05) is 23.8 Å². The molecule has 1 fully saturated rings. The van der Waals surface area contributed by atoms with E-state index in [1.165, 1.54) is 0 Å². The number of benzene rings is 1. The first-order chi connectivity index (χ1) is 18.0. The van der Waals surface area contributed by atoms with Gasteiger partial charge in [0.05, 0.1) is 13.0 Å². The Balaban J connectivity index is 1.54. The lowest BCUT2D eigenvalue weighted by molar-refractivity contribution is -0.151. The highest BCUT2D eigenvalue weighted by atomic mass is 19.3. The number of ether oxygens (including phenoxy) is 3. The number of amides is 2. The van der Waals surface area contributed by atoms with Crippen LogP contribution in [0.1, 0.15) is 32.9 Å². The molecule has 3 N–H and O–H groups in total. The number of aliphatic hydroxyl groups is 1. The van der Waals surface area contributed by atoms with Crippen molar-refractivity contribution in [2.24, 2.45) is 5.92 Å². The van der Waals surface area contributed by atoms with Gasteiger partial charge >= 0.3 is 23.7 Å². The largest absolute Gasteiger partial charge is 0.463 e. The lowest BCUT2D eigenvalue weighted by atomic mass is 10.1. The SMILES string of the molecule is CC(C)COC(=O)Nc1ccn([C@@H]2O[C@H](COC(=O)CCC(=O)Nc3ccccc3)[C@@H](O)C2(F)F)c(=O)n1. The molecule has 2 amide bonds. The monoisotopic (exact) mass is 538 g/mol. The molecule has 0 saturated carbocycles. The molecule has 1 aliphatic heterocycles. The first-order valence-corrected chi connectivity index (χ1v) is 11.7. The number of para-hydroxylation sites is 1. The quantitative estimate of drug-likeness (QED) is 0.386. The molecule has 0 spiro atoms. The number of hydrogen-bond acceptors (Lipinski definition) is 9. The zero-order valence-corrected chi connectivity index (χ0v) is 20.6. The number of aliphatic hydroxyl groups excluding tert-OH is 1. The number of hydrogen-bond donors (Lipinski definition) is 3. The van der Waals surface area contributed by atoms with E-state index in [1.807, 2.05) is 13.8 Å². The van der Waals surface area contributed by atoms with E-state index in [0.717, 1.165) is 12.3 Å². The maximum Gasteiger partial charge on any atom is 0.412 e. The maximum atomic E-state index is 14.7. The van der Waals surface area contributed by atoms with E-state index < -0.39 is 54.6 Å². The first kappa shape index (κ1) is 28.7. The average Bonchev–Trinajstić information content (AvgIpc) is 3.09. The van der Waals surface area contributed by atoms with Crippen LogP contribution in [0.5, 0.6) is 0 Å². The molecule has 1 aromatic carbocycles. The standard InChI is InChI=1S/C24H28F2N4O8/c1-14(2)12-37-23(35)29-17-10-11-30(22(34)28-17)21-24(25,26)20(33)16(38-21)13-36-19(32)9-8-18(31)27-15-6-4-3-5-7-15/h3-7,10-11,14,16,20-21,33H,8-9,12-13H2,1-2H3,(H,27,31)(H,28,29,34,35)/t16-,20-,21-/m1/s1. The fourth-order valence-electron chi connectivity index (χ4n) is 3.36. The van der Waals surface area contributed by atoms with E-state index in [4.69, 9.17) is 14.2 Å². The summed E-state index contributed by atoms with van der Waals surface area (Å²) in [7, 11) is 0. The fraction of sp³-hybridized carbons (Fsp3) is 0.458. The Morgan fingerprint density at radius 3 is 2.50 bits per heavy atom. The normalized spacial score (nSPS) is 20.1. The summed E-state index contributed by atoms with van der Waals surface area (Å²) in [6, 6.07) is 9.63. The van der Waals surface area contributed by atoms with Gasteiger partial charge in [0.15, 0.2) is 6.10 Å². The summed E-state index contributed by atoms with van der Waals surface area (Å²) in [5.74, 6) is -5.42. The summed E-state index contributed by atoms with van der Waals surface area (Å²) in [6.45, 7) is 3.03. The van der Waals surface area contributed by atoms with E-state index in [2.05, 4.69) is 15.6 Å². The molecule has 0 bridgehead atoms. The average molecular weight is 539 g/mol. The highest BCUT2D eigenvalue weighted by Crippen LogP contribution is 2.42. The van der Waals surface area contributed by atoms with Crippen molar-refractivity contribution < 1.29 is 42.5 Å². The zero-order valence-electron chi connectivity index (χ0n) is 20.6. The lowest BCUT2D eigenvalue weighted by Crippen LogP contribution is -2.42. The van der Waals surface area contributed by atoms with Gasteiger partial charge in [-0.15, -0.1) is 0 Å². The van der Waals surface area contributed by atoms with Crippen molar-refractivity contribution in [3.05, 3.63) is 53.1 Å². The van der Waals surface area contributed by atoms with Crippen LogP contribution in [0.15, 0.2) is 47.4 Å². The minimum atomic E-state index is -3.94. The Bertz CT molecular complexity index is 1190. The third-order valence-electron chi connectivity index (χ3n) is 5.26. The summed E-state index contributed by atoms with van der Waals surface area (Å²) >= 11 is 0. The van der Waals surface area contributed by atoms with Gasteiger partial charge in [0, 0.05) is 18.3 Å². The van der Waals surface area contributed by atoms with Gasteiger partial charge in [0.25, 0.3) is 0 Å². The van der Waals surface area contributed by atoms with Crippen LogP contribution in [0.2, 0.25) is 0 Å². The van der Waals surface area contributed by atoms with Crippen LogP contribution in [-0.4, -0.2) is 64.0 Å². The van der Waals surface area contributed by atoms with Crippen molar-refractivity contribution in [3.8, 4) is 0 Å². The van der Waals surface area contributed by atoms with Crippen LogP contribution in [0.25, 0.3) is 0 Å². The Morgan fingerprint density at radius 2 is 1.84 bits per heavy atom. The number of carbonyl (C=O) groups excluding carboxylic acids is 3. The second-order valence-corrected chi connectivity index (χ2v) is 8.86. The van der Waals surface area contributed by atoms with Gasteiger partial charge in [0.1, 0.15) is 18.5 Å². The molecule has 2 aromatic rings. The number of rotatable bonds is 10. The number of carbonyl (C=O) groups is 3. The molecule has 38 heavy (non-hydrogen) atoms. The first-order valence-electron chi connectivity index (χ1n) is 11.7. The summed E-state index contributed by atoms with van der Waals surface area (Å²) in [4.78, 5) is 51.6. The number of esters is 1. The van der Waals surface area contributed by atoms with Crippen molar-refractivity contribution >= 4 is 29.5 Å². The highest BCUT2D eigenvalue weighted by molar-refractivity contribution is 5.92. The minimum absolute atomic E-state index is 0.0706. The van der Waals surface area contributed by atoms with Gasteiger partial charge in [0.2, 0.25) is 12.1 Å². The Labute approximate surface area is 215 Å². The fourth-order valence-corrected chi connectivity index (χ4v) is 3.36. The van der Waals surface area contributed by atoms with Crippen molar-refractivity contribution in [1.82, 2.24) is 9.55 Å². The van der Waals surface area contributed by atoms with Crippen molar-refractivity contribution in [3.63, 3.8) is 0 Å². The van der Waals surface area contributed by atoms with Crippen LogP contribution in [0, 0.1) is 5.92 Å². The molecule has 1 aliphatic rings. The molecule has 3 rings (SSSR count). The van der Waals surface area contributed by atoms with E-state index in [0.29, 0.717) is 10.3 Å². The number of nitrogens with zero attached hydrogens (tertiary/aromatic N) is 2. The van der Waals surface area contributed by atoms with E-state index in [9.17, 15) is 33.1 Å². The maximum absolute atomic E-state index is 14.7. The Kier molecular flexibility index (Phi) is 9.47. The van der Waals surface area contributed by atoms with Gasteiger partial charge in [-0.25, -0.2) is 9.59 Å². The van der Waals surface area contributed by atoms with Crippen LogP contribution >= 0.6 is 0 Å². The second-order valence-electron chi connectivity index (χ2n) is 8.86. The van der Waals surface area contributed by atoms with Gasteiger partial charge < -0.3 is 24.6 Å². The Hall–Kier alpha value is -3.91. The molecule has 0 radical (unpaired) electrons. The molecule has 1 saturated heterocycles. The molecular formula is C24H28F2N4O8. The second kappa shape index (κ2) is 12.6. The summed E-state index contributed by atoms with van der Waals surface area (Å²) < 4.78 is 44.9. The van der Waals surface area contributed by atoms with Crippen LogP contribution in [0.4, 0.5) is 25.1 Å². The Morgan fingerprint density at radius 1 is 1.13 bits per heavy atom. The van der Waals surface area contributed by atoms with Gasteiger partial charge in [-0.1, -0.05) is 32.0 Å². The number of aromatic nitrogens is 2. The predicted molar refractivity (Wildman–Crippen MR) is 128 cm³/mol. The van der Waals surface area contributed by atoms with Crippen LogP contribution in [-0.2, 0) is 23.8 Å². The molecular weight excluding hydrogens is 510 g/mol. The van der Waals surface area contributed by atoms with E-state index in [-0.39, 0.29) is 31.2 Å². The topological polar surface area (TPSA) is 158 Å². The zero-order chi connectivity index (χ0) is 27.9. The van der Waals surface area contributed by atoms with Crippen LogP contribution < -0.4 is 16.3 Å². The molecule has 0 unspecified atom stereocenters. The minimum Gasteiger partial charge on any atom is -0.463 e. The molecule has 12 nitrogen and oxygen atoms in total. The van der Waals surface area contributed by atoms with Gasteiger partial charge in [-0.05, 0) is 24.1 Å². The molecule has 1 aromatic heterocycles. The predicted octanol–water partition coefficient (Wildman–Crippen LogP) is 2.30. The van der Waals surface area contributed by atoms with E-state index in [1.54, 1.807) is 30.3 Å². The number of anilines is 2. The third-order valence-corrected chi connectivity index (χ3v) is 5.26. The molecule has 2 heterocycles. The van der Waals surface area contributed by atoms with Crippen molar-refractivity contribution in [2.45, 2.75) is 51.0 Å². The lowest BCUT2D eigenvalue weighted by Gasteiger charge is -2.21. The summed E-state index contributed by atoms with van der Waals surface area (Å²) in [6.07, 6.45) is -6.82. The molecule has 14 heteroatoms. The van der Waals surface area contributed by atoms with Crippen LogP contribution in [0.3, 0.4) is 0 Å². The smallest absolute Gasteiger partial charge is 0.412 e. The third kappa shape index (κ3) is 7.55. The van der Waals surface area contributed by atoms with E-state index >= 15 is 0 Å². The highest BCUT2D eigenvalue weighted by Gasteiger charge is 2.60. The van der Waals surface area contributed by atoms with Gasteiger partial charge in [-0.3, -0.25) is 19.5 Å². The van der Waals surface area contributed by atoms with Crippen molar-refractivity contribution in [1.29, 1.82) is 0 Å². The molecule has 3 atom stereocenters. The van der Waals surface area contributed by atoms with Gasteiger partial charge in [-0.2, -0.15) is 13.8 Å². The molecule has 206 valence electrons. The summed E-state index contributed by atoms with van der Waals surface area (Å²) in [5.41, 5.74) is -0.646.